The Morgan fingerprint density at radius 1 is 1.15 bits per heavy atom. The minimum Gasteiger partial charge on any atom is -0.478 e. The lowest BCUT2D eigenvalue weighted by molar-refractivity contribution is -0.118. The van der Waals surface area contributed by atoms with Crippen LogP contribution >= 0.6 is 0 Å². The monoisotopic (exact) mass is 275 g/mol. The van der Waals surface area contributed by atoms with Gasteiger partial charge in [-0.3, -0.25) is 4.79 Å². The van der Waals surface area contributed by atoms with Crippen LogP contribution in [0.25, 0.3) is 0 Å². The summed E-state index contributed by atoms with van der Waals surface area (Å²) in [6.07, 6.45) is 0. The van der Waals surface area contributed by atoms with Crippen molar-refractivity contribution in [3.05, 3.63) is 29.3 Å². The summed E-state index contributed by atoms with van der Waals surface area (Å²) in [6, 6.07) is 5.02. The van der Waals surface area contributed by atoms with Gasteiger partial charge in [0.2, 0.25) is 5.91 Å². The zero-order valence-corrected chi connectivity index (χ0v) is 12.6. The Hall–Kier alpha value is -1.84. The molecule has 0 saturated heterocycles. The first kappa shape index (κ1) is 14.6. The molecule has 1 fully saturated rings. The minimum absolute atomic E-state index is 0.0643. The van der Waals surface area contributed by atoms with Crippen LogP contribution in [0.5, 0.6) is 0 Å². The van der Waals surface area contributed by atoms with E-state index in [-0.39, 0.29) is 28.2 Å². The number of benzene rings is 1. The number of carboxylic acid groups (broad SMARTS) is 1. The molecule has 1 aromatic carbocycles. The third kappa shape index (κ3) is 2.09. The summed E-state index contributed by atoms with van der Waals surface area (Å²) in [5.41, 5.74) is 1.23. The van der Waals surface area contributed by atoms with Crippen molar-refractivity contribution in [3.8, 4) is 0 Å². The number of carbonyl (C=O) groups is 2. The van der Waals surface area contributed by atoms with E-state index in [1.807, 2.05) is 6.92 Å². The molecule has 1 aliphatic carbocycles. The predicted molar refractivity (Wildman–Crippen MR) is 77.8 cm³/mol. The van der Waals surface area contributed by atoms with Gasteiger partial charge < -0.3 is 10.4 Å². The first-order valence-electron chi connectivity index (χ1n) is 6.74. The molecule has 20 heavy (non-hydrogen) atoms. The molecule has 108 valence electrons. The van der Waals surface area contributed by atoms with E-state index >= 15 is 0 Å². The van der Waals surface area contributed by atoms with Crippen molar-refractivity contribution >= 4 is 17.6 Å². The topological polar surface area (TPSA) is 66.4 Å². The molecular formula is C16H21NO3. The molecule has 1 saturated carbocycles. The average Bonchev–Trinajstić information content (AvgIpc) is 2.71. The van der Waals surface area contributed by atoms with Crippen LogP contribution in [0.2, 0.25) is 0 Å². The largest absolute Gasteiger partial charge is 0.478 e. The van der Waals surface area contributed by atoms with Gasteiger partial charge in [0.1, 0.15) is 0 Å². The summed E-state index contributed by atoms with van der Waals surface area (Å²) < 4.78 is 0. The predicted octanol–water partition coefficient (Wildman–Crippen LogP) is 3.31. The molecule has 0 aliphatic heterocycles. The fourth-order valence-corrected chi connectivity index (χ4v) is 3.00. The normalized spacial score (nSPS) is 19.4. The molecule has 0 radical (unpaired) electrons. The Morgan fingerprint density at radius 3 is 2.15 bits per heavy atom. The second kappa shape index (κ2) is 4.33. The summed E-state index contributed by atoms with van der Waals surface area (Å²) in [5.74, 6) is -1.23. The van der Waals surface area contributed by atoms with E-state index in [4.69, 9.17) is 0 Å². The highest BCUT2D eigenvalue weighted by Crippen LogP contribution is 2.68. The Bertz CT molecular complexity index is 573. The number of amides is 1. The summed E-state index contributed by atoms with van der Waals surface area (Å²) in [7, 11) is 0. The van der Waals surface area contributed by atoms with E-state index in [0.29, 0.717) is 5.69 Å². The first-order valence-corrected chi connectivity index (χ1v) is 6.74. The summed E-state index contributed by atoms with van der Waals surface area (Å²) >= 11 is 0. The zero-order chi connectivity index (χ0) is 15.3. The third-order valence-electron chi connectivity index (χ3n) is 4.95. The van der Waals surface area contributed by atoms with Crippen molar-refractivity contribution in [1.82, 2.24) is 0 Å². The van der Waals surface area contributed by atoms with E-state index in [0.717, 1.165) is 5.56 Å². The number of anilines is 1. The zero-order valence-electron chi connectivity index (χ0n) is 12.6. The Labute approximate surface area is 119 Å². The number of aryl methyl sites for hydroxylation is 1. The lowest BCUT2D eigenvalue weighted by Crippen LogP contribution is -2.19. The molecule has 0 atom stereocenters. The maximum Gasteiger partial charge on any atom is 0.337 e. The van der Waals surface area contributed by atoms with Crippen LogP contribution in [-0.4, -0.2) is 17.0 Å². The highest BCUT2D eigenvalue weighted by Gasteiger charge is 2.68. The van der Waals surface area contributed by atoms with E-state index in [1.54, 1.807) is 18.2 Å². The fourth-order valence-electron chi connectivity index (χ4n) is 3.00. The number of rotatable bonds is 3. The van der Waals surface area contributed by atoms with Crippen LogP contribution in [0.4, 0.5) is 5.69 Å². The number of carboxylic acids is 1. The lowest BCUT2D eigenvalue weighted by atomic mass is 10.0. The van der Waals surface area contributed by atoms with Crippen molar-refractivity contribution < 1.29 is 14.7 Å². The van der Waals surface area contributed by atoms with Crippen molar-refractivity contribution in [1.29, 1.82) is 0 Å². The molecule has 0 bridgehead atoms. The van der Waals surface area contributed by atoms with Crippen molar-refractivity contribution in [2.45, 2.75) is 34.6 Å². The molecule has 0 unspecified atom stereocenters. The minimum atomic E-state index is -1.03. The van der Waals surface area contributed by atoms with Crippen LogP contribution in [0, 0.1) is 23.7 Å². The second-order valence-electron chi connectivity index (χ2n) is 6.72. The molecule has 0 aromatic heterocycles. The van der Waals surface area contributed by atoms with Gasteiger partial charge in [-0.05, 0) is 29.9 Å². The van der Waals surface area contributed by atoms with Gasteiger partial charge in [-0.1, -0.05) is 39.3 Å². The van der Waals surface area contributed by atoms with Crippen LogP contribution in [0.15, 0.2) is 18.2 Å². The molecule has 2 rings (SSSR count). The van der Waals surface area contributed by atoms with Gasteiger partial charge in [-0.15, -0.1) is 0 Å². The van der Waals surface area contributed by atoms with Crippen LogP contribution in [-0.2, 0) is 4.79 Å². The number of hydrogen-bond donors (Lipinski definition) is 2. The van der Waals surface area contributed by atoms with Crippen molar-refractivity contribution in [2.24, 2.45) is 16.7 Å². The Kier molecular flexibility index (Phi) is 3.16. The van der Waals surface area contributed by atoms with E-state index in [1.165, 1.54) is 0 Å². The summed E-state index contributed by atoms with van der Waals surface area (Å²) in [4.78, 5) is 23.6. The SMILES string of the molecule is Cc1ccc(NC(=O)C2C(C)(C)C2(C)C)c(C(=O)O)c1. The van der Waals surface area contributed by atoms with E-state index < -0.39 is 5.97 Å². The van der Waals surface area contributed by atoms with Gasteiger partial charge in [-0.25, -0.2) is 4.79 Å². The Balaban J connectivity index is 2.24. The number of hydrogen-bond acceptors (Lipinski definition) is 2. The molecule has 1 amide bonds. The number of aromatic carboxylic acids is 1. The van der Waals surface area contributed by atoms with Gasteiger partial charge in [0, 0.05) is 5.92 Å². The smallest absolute Gasteiger partial charge is 0.337 e. The average molecular weight is 275 g/mol. The molecule has 0 heterocycles. The van der Waals surface area contributed by atoms with Gasteiger partial charge in [0.15, 0.2) is 0 Å². The van der Waals surface area contributed by atoms with E-state index in [2.05, 4.69) is 33.0 Å². The second-order valence-corrected chi connectivity index (χ2v) is 6.72. The van der Waals surface area contributed by atoms with Gasteiger partial charge >= 0.3 is 5.97 Å². The first-order chi connectivity index (χ1) is 9.09. The molecule has 4 heteroatoms. The Morgan fingerprint density at radius 2 is 1.70 bits per heavy atom. The van der Waals surface area contributed by atoms with Gasteiger partial charge in [0.05, 0.1) is 11.3 Å². The summed E-state index contributed by atoms with van der Waals surface area (Å²) in [5, 5.41) is 12.0. The van der Waals surface area contributed by atoms with Crippen LogP contribution < -0.4 is 5.32 Å². The fraction of sp³-hybridized carbons (Fsp3) is 0.500. The summed E-state index contributed by atoms with van der Waals surface area (Å²) in [6.45, 7) is 10.1. The maximum atomic E-state index is 12.4. The molecular weight excluding hydrogens is 254 g/mol. The number of carbonyl (C=O) groups excluding carboxylic acids is 1. The molecule has 4 nitrogen and oxygen atoms in total. The molecule has 0 spiro atoms. The van der Waals surface area contributed by atoms with Gasteiger partial charge in [-0.2, -0.15) is 0 Å². The number of nitrogens with one attached hydrogen (secondary N) is 1. The quantitative estimate of drug-likeness (QED) is 0.889. The van der Waals surface area contributed by atoms with Crippen LogP contribution in [0.3, 0.4) is 0 Å². The third-order valence-corrected chi connectivity index (χ3v) is 4.95. The lowest BCUT2D eigenvalue weighted by Gasteiger charge is -2.10. The van der Waals surface area contributed by atoms with Crippen molar-refractivity contribution in [2.75, 3.05) is 5.32 Å². The highest BCUT2D eigenvalue weighted by atomic mass is 16.4. The highest BCUT2D eigenvalue weighted by molar-refractivity contribution is 6.02. The van der Waals surface area contributed by atoms with Crippen LogP contribution in [0.1, 0.15) is 43.6 Å². The maximum absolute atomic E-state index is 12.4. The standard InChI is InChI=1S/C16H21NO3/c1-9-6-7-11(10(8-9)14(19)20)17-13(18)12-15(2,3)16(12,4)5/h6-8,12H,1-5H3,(H,17,18)(H,19,20). The van der Waals surface area contributed by atoms with Crippen molar-refractivity contribution in [3.63, 3.8) is 0 Å². The van der Waals surface area contributed by atoms with Gasteiger partial charge in [0.25, 0.3) is 0 Å². The molecule has 2 N–H and O–H groups in total. The molecule has 1 aliphatic rings. The van der Waals surface area contributed by atoms with E-state index in [9.17, 15) is 14.7 Å². The molecule has 1 aromatic rings.